The van der Waals surface area contributed by atoms with Gasteiger partial charge in [0, 0.05) is 20.8 Å². The molecule has 0 saturated carbocycles. The first-order chi connectivity index (χ1) is 8.41. The van der Waals surface area contributed by atoms with Gasteiger partial charge in [0.05, 0.1) is 11.7 Å². The number of rotatable bonds is 2. The predicted molar refractivity (Wildman–Crippen MR) is 69.7 cm³/mol. The van der Waals surface area contributed by atoms with E-state index in [-0.39, 0.29) is 5.56 Å². The number of amides is 2. The number of hydrogen-bond acceptors (Lipinski definition) is 4. The van der Waals surface area contributed by atoms with Crippen LogP contribution in [0.2, 0.25) is 0 Å². The number of anilines is 1. The Hall–Kier alpha value is -1.70. The van der Waals surface area contributed by atoms with E-state index in [1.807, 2.05) is 22.6 Å². The van der Waals surface area contributed by atoms with Crippen molar-refractivity contribution in [2.45, 2.75) is 6.92 Å². The maximum atomic E-state index is 11.8. The molecule has 0 spiro atoms. The van der Waals surface area contributed by atoms with Gasteiger partial charge in [-0.05, 0) is 41.6 Å². The number of carbonyl (C=O) groups excluding carboxylic acids is 3. The minimum absolute atomic E-state index is 0.0307. The van der Waals surface area contributed by atoms with Crippen molar-refractivity contribution in [3.8, 4) is 0 Å². The maximum absolute atomic E-state index is 11.8. The molecule has 1 aromatic rings. The first-order valence-corrected chi connectivity index (χ1v) is 6.07. The standard InChI is InChI=1S/C12H8INO4/c1-6-4-10(15)14(11(6)16)7-2-3-8(12(17)18)9(13)5-7/h2-5H,1H3,(H,17,18)/p-1. The zero-order chi connectivity index (χ0) is 13.4. The second-order valence-corrected chi connectivity index (χ2v) is 4.92. The van der Waals surface area contributed by atoms with Crippen molar-refractivity contribution in [2.75, 3.05) is 4.90 Å². The van der Waals surface area contributed by atoms with Crippen molar-refractivity contribution in [1.29, 1.82) is 0 Å². The molecular formula is C12H7INO4-. The highest BCUT2D eigenvalue weighted by Gasteiger charge is 2.29. The molecule has 0 unspecified atom stereocenters. The molecule has 1 heterocycles. The fourth-order valence-corrected chi connectivity index (χ4v) is 2.36. The topological polar surface area (TPSA) is 77.5 Å². The highest BCUT2D eigenvalue weighted by molar-refractivity contribution is 14.1. The monoisotopic (exact) mass is 356 g/mol. The smallest absolute Gasteiger partial charge is 0.261 e. The molecule has 1 aliphatic rings. The lowest BCUT2D eigenvalue weighted by Gasteiger charge is -2.16. The summed E-state index contributed by atoms with van der Waals surface area (Å²) in [5.41, 5.74) is 0.745. The molecule has 1 aliphatic heterocycles. The molecule has 0 bridgehead atoms. The van der Waals surface area contributed by atoms with Gasteiger partial charge in [-0.3, -0.25) is 9.59 Å². The van der Waals surface area contributed by atoms with E-state index in [4.69, 9.17) is 0 Å². The molecule has 6 heteroatoms. The Kier molecular flexibility index (Phi) is 3.20. The van der Waals surface area contributed by atoms with E-state index in [1.165, 1.54) is 24.3 Å². The summed E-state index contributed by atoms with van der Waals surface area (Å²) in [4.78, 5) is 35.1. The quantitative estimate of drug-likeness (QED) is 0.570. The van der Waals surface area contributed by atoms with Crippen molar-refractivity contribution in [2.24, 2.45) is 0 Å². The lowest BCUT2D eigenvalue weighted by molar-refractivity contribution is -0.255. The van der Waals surface area contributed by atoms with E-state index >= 15 is 0 Å². The van der Waals surface area contributed by atoms with Crippen LogP contribution in [0.1, 0.15) is 17.3 Å². The molecule has 0 aliphatic carbocycles. The minimum atomic E-state index is -1.29. The molecule has 5 nitrogen and oxygen atoms in total. The van der Waals surface area contributed by atoms with Crippen LogP contribution in [0.5, 0.6) is 0 Å². The fourth-order valence-electron chi connectivity index (χ4n) is 1.64. The summed E-state index contributed by atoms with van der Waals surface area (Å²) in [6.45, 7) is 1.56. The van der Waals surface area contributed by atoms with Gasteiger partial charge in [-0.15, -0.1) is 0 Å². The van der Waals surface area contributed by atoms with Crippen molar-refractivity contribution in [1.82, 2.24) is 0 Å². The molecule has 0 saturated heterocycles. The first kappa shape index (κ1) is 12.7. The first-order valence-electron chi connectivity index (χ1n) is 4.99. The lowest BCUT2D eigenvalue weighted by Crippen LogP contribution is -2.31. The van der Waals surface area contributed by atoms with E-state index in [0.29, 0.717) is 14.8 Å². The van der Waals surface area contributed by atoms with E-state index < -0.39 is 17.8 Å². The van der Waals surface area contributed by atoms with Crippen LogP contribution in [0.15, 0.2) is 29.8 Å². The molecule has 0 atom stereocenters. The van der Waals surface area contributed by atoms with Crippen LogP contribution in [0.25, 0.3) is 0 Å². The fraction of sp³-hybridized carbons (Fsp3) is 0.0833. The van der Waals surface area contributed by atoms with Crippen LogP contribution in [0.3, 0.4) is 0 Å². The summed E-state index contributed by atoms with van der Waals surface area (Å²) in [5, 5.41) is 10.8. The Bertz CT molecular complexity index is 606. The Morgan fingerprint density at radius 1 is 1.33 bits per heavy atom. The Morgan fingerprint density at radius 2 is 2.00 bits per heavy atom. The number of carboxylic acid groups (broad SMARTS) is 1. The molecule has 2 rings (SSSR count). The summed E-state index contributed by atoms with van der Waals surface area (Å²) in [6, 6.07) is 4.20. The second-order valence-electron chi connectivity index (χ2n) is 3.76. The van der Waals surface area contributed by atoms with E-state index in [9.17, 15) is 19.5 Å². The normalized spacial score (nSPS) is 15.0. The number of carboxylic acids is 1. The zero-order valence-electron chi connectivity index (χ0n) is 9.27. The number of aromatic carboxylic acids is 1. The van der Waals surface area contributed by atoms with Gasteiger partial charge in [0.15, 0.2) is 0 Å². The van der Waals surface area contributed by atoms with Gasteiger partial charge < -0.3 is 9.90 Å². The van der Waals surface area contributed by atoms with Crippen LogP contribution >= 0.6 is 22.6 Å². The van der Waals surface area contributed by atoms with E-state index in [0.717, 1.165) is 4.90 Å². The van der Waals surface area contributed by atoms with Gasteiger partial charge >= 0.3 is 0 Å². The molecule has 18 heavy (non-hydrogen) atoms. The zero-order valence-corrected chi connectivity index (χ0v) is 11.4. The Balaban J connectivity index is 2.43. The van der Waals surface area contributed by atoms with Gasteiger partial charge in [-0.25, -0.2) is 4.90 Å². The molecule has 2 amide bonds. The number of benzene rings is 1. The largest absolute Gasteiger partial charge is 0.545 e. The Morgan fingerprint density at radius 3 is 2.44 bits per heavy atom. The highest BCUT2D eigenvalue weighted by atomic mass is 127. The molecular weight excluding hydrogens is 349 g/mol. The Labute approximate surface area is 116 Å². The number of hydrogen-bond donors (Lipinski definition) is 0. The molecule has 92 valence electrons. The van der Waals surface area contributed by atoms with Gasteiger partial charge in [0.2, 0.25) is 0 Å². The van der Waals surface area contributed by atoms with Gasteiger partial charge in [-0.2, -0.15) is 0 Å². The van der Waals surface area contributed by atoms with Gasteiger partial charge in [-0.1, -0.05) is 6.07 Å². The SMILES string of the molecule is CC1=CC(=O)N(c2ccc(C(=O)[O-])c(I)c2)C1=O. The molecule has 0 aromatic heterocycles. The number of carbonyl (C=O) groups is 3. The van der Waals surface area contributed by atoms with Gasteiger partial charge in [0.1, 0.15) is 0 Å². The third-order valence-corrected chi connectivity index (χ3v) is 3.42. The lowest BCUT2D eigenvalue weighted by atomic mass is 10.2. The van der Waals surface area contributed by atoms with Crippen molar-refractivity contribution < 1.29 is 19.5 Å². The average Bonchev–Trinajstić information content (AvgIpc) is 2.52. The van der Waals surface area contributed by atoms with Crippen LogP contribution in [0.4, 0.5) is 5.69 Å². The molecule has 0 fully saturated rings. The van der Waals surface area contributed by atoms with Crippen molar-refractivity contribution in [3.05, 3.63) is 39.0 Å². The van der Waals surface area contributed by atoms with Crippen molar-refractivity contribution >= 4 is 46.1 Å². The number of nitrogens with zero attached hydrogens (tertiary/aromatic N) is 1. The summed E-state index contributed by atoms with van der Waals surface area (Å²) >= 11 is 1.82. The van der Waals surface area contributed by atoms with Crippen LogP contribution in [-0.4, -0.2) is 17.8 Å². The van der Waals surface area contributed by atoms with Crippen LogP contribution in [-0.2, 0) is 9.59 Å². The van der Waals surface area contributed by atoms with Gasteiger partial charge in [0.25, 0.3) is 11.8 Å². The third-order valence-electron chi connectivity index (χ3n) is 2.53. The summed E-state index contributed by atoms with van der Waals surface area (Å²) in [6.07, 6.45) is 1.25. The maximum Gasteiger partial charge on any atom is 0.261 e. The van der Waals surface area contributed by atoms with Crippen molar-refractivity contribution in [3.63, 3.8) is 0 Å². The van der Waals surface area contributed by atoms with E-state index in [1.54, 1.807) is 6.92 Å². The summed E-state index contributed by atoms with van der Waals surface area (Å²) in [5.74, 6) is -2.11. The number of halogens is 1. The summed E-state index contributed by atoms with van der Waals surface area (Å²) in [7, 11) is 0. The molecule has 0 radical (unpaired) electrons. The third kappa shape index (κ3) is 2.03. The summed E-state index contributed by atoms with van der Waals surface area (Å²) < 4.78 is 0.412. The molecule has 1 aromatic carbocycles. The predicted octanol–water partition coefficient (Wildman–Crippen LogP) is 0.474. The van der Waals surface area contributed by atoms with Crippen LogP contribution < -0.4 is 10.0 Å². The van der Waals surface area contributed by atoms with E-state index in [2.05, 4.69) is 0 Å². The highest BCUT2D eigenvalue weighted by Crippen LogP contribution is 2.25. The average molecular weight is 356 g/mol. The number of imide groups is 1. The second kappa shape index (κ2) is 4.52. The molecule has 0 N–H and O–H groups in total. The minimum Gasteiger partial charge on any atom is -0.545 e. The van der Waals surface area contributed by atoms with Crippen LogP contribution in [0, 0.1) is 3.57 Å².